The number of aromatic nitrogens is 1. The maximum Gasteiger partial charge on any atom is 0.490 e. The first-order valence-electron chi connectivity index (χ1n) is 9.51. The number of hydrogen-bond acceptors (Lipinski definition) is 4. The molecule has 0 bridgehead atoms. The summed E-state index contributed by atoms with van der Waals surface area (Å²) in [7, 11) is 0. The summed E-state index contributed by atoms with van der Waals surface area (Å²) in [6, 6.07) is 3.49. The molecule has 2 amide bonds. The van der Waals surface area contributed by atoms with Gasteiger partial charge in [0.15, 0.2) is 0 Å². The number of likely N-dealkylation sites (tertiary alicyclic amines) is 2. The highest BCUT2D eigenvalue weighted by atomic mass is 19.4. The van der Waals surface area contributed by atoms with E-state index in [2.05, 4.69) is 11.6 Å². The van der Waals surface area contributed by atoms with E-state index in [9.17, 15) is 22.8 Å². The number of carboxylic acid groups (broad SMARTS) is 1. The molecule has 1 aromatic heterocycles. The normalized spacial score (nSPS) is 21.6. The molecular formula is C20H24F3N3O4. The molecule has 0 radical (unpaired) electrons. The van der Waals surface area contributed by atoms with Crippen molar-refractivity contribution in [1.29, 1.82) is 0 Å². The molecule has 2 aliphatic rings. The van der Waals surface area contributed by atoms with Gasteiger partial charge in [-0.1, -0.05) is 6.08 Å². The van der Waals surface area contributed by atoms with Crippen molar-refractivity contribution in [2.45, 2.75) is 43.8 Å². The number of rotatable bonds is 3. The Balaban J connectivity index is 0.000000396. The highest BCUT2D eigenvalue weighted by Crippen LogP contribution is 2.37. The Morgan fingerprint density at radius 3 is 2.40 bits per heavy atom. The number of piperidine rings is 2. The van der Waals surface area contributed by atoms with E-state index in [1.807, 2.05) is 9.80 Å². The Morgan fingerprint density at radius 2 is 1.83 bits per heavy atom. The predicted octanol–water partition coefficient (Wildman–Crippen LogP) is 2.89. The Labute approximate surface area is 172 Å². The van der Waals surface area contributed by atoms with Crippen LogP contribution in [-0.2, 0) is 9.59 Å². The van der Waals surface area contributed by atoms with Gasteiger partial charge in [-0.3, -0.25) is 14.6 Å². The van der Waals surface area contributed by atoms with Gasteiger partial charge in [0, 0.05) is 44.0 Å². The summed E-state index contributed by atoms with van der Waals surface area (Å²) in [5.74, 6) is -2.54. The lowest BCUT2D eigenvalue weighted by Gasteiger charge is -2.51. The van der Waals surface area contributed by atoms with Crippen LogP contribution in [0.15, 0.2) is 37.2 Å². The van der Waals surface area contributed by atoms with Crippen LogP contribution in [0.1, 0.15) is 42.5 Å². The van der Waals surface area contributed by atoms with Gasteiger partial charge in [0.25, 0.3) is 5.91 Å². The van der Waals surface area contributed by atoms with Gasteiger partial charge in [0.1, 0.15) is 0 Å². The number of carbonyl (C=O) groups is 3. The number of nitrogens with zero attached hydrogens (tertiary/aromatic N) is 3. The van der Waals surface area contributed by atoms with Crippen molar-refractivity contribution in [3.05, 3.63) is 42.7 Å². The first kappa shape index (κ1) is 23.4. The molecule has 2 fully saturated rings. The van der Waals surface area contributed by atoms with Crippen molar-refractivity contribution in [2.75, 3.05) is 19.6 Å². The van der Waals surface area contributed by atoms with Crippen LogP contribution in [0.4, 0.5) is 13.2 Å². The van der Waals surface area contributed by atoms with Gasteiger partial charge in [0.05, 0.1) is 5.54 Å². The van der Waals surface area contributed by atoms with Crippen molar-refractivity contribution in [3.63, 3.8) is 0 Å². The Hall–Kier alpha value is -2.91. The van der Waals surface area contributed by atoms with E-state index in [0.29, 0.717) is 25.1 Å². The molecule has 3 rings (SSSR count). The van der Waals surface area contributed by atoms with Crippen molar-refractivity contribution in [1.82, 2.24) is 14.8 Å². The number of halogens is 3. The van der Waals surface area contributed by atoms with Crippen LogP contribution in [0.25, 0.3) is 0 Å². The van der Waals surface area contributed by atoms with Crippen LogP contribution in [0.2, 0.25) is 0 Å². The van der Waals surface area contributed by atoms with Gasteiger partial charge < -0.3 is 14.9 Å². The Kier molecular flexibility index (Phi) is 7.58. The van der Waals surface area contributed by atoms with Gasteiger partial charge in [-0.25, -0.2) is 4.79 Å². The minimum Gasteiger partial charge on any atom is -0.475 e. The standard InChI is InChI=1S/C18H23N3O2.C2HF3O2/c1-2-12-21-16(22)5-3-8-18(21)9-4-13-20(14-18)17(23)15-6-10-19-11-7-15;3-2(4,5)1(6)7/h2,6-7,10-11H,1,3-5,8-9,12-14H2;(H,6,7). The molecule has 3 heterocycles. The monoisotopic (exact) mass is 427 g/mol. The average molecular weight is 427 g/mol. The summed E-state index contributed by atoms with van der Waals surface area (Å²) in [5, 5.41) is 7.12. The van der Waals surface area contributed by atoms with E-state index in [1.54, 1.807) is 30.6 Å². The number of aliphatic carboxylic acids is 1. The third kappa shape index (κ3) is 5.58. The summed E-state index contributed by atoms with van der Waals surface area (Å²) in [4.78, 5) is 41.8. The minimum atomic E-state index is -5.08. The molecular weight excluding hydrogens is 403 g/mol. The van der Waals surface area contributed by atoms with Crippen LogP contribution in [0.5, 0.6) is 0 Å². The summed E-state index contributed by atoms with van der Waals surface area (Å²) >= 11 is 0. The topological polar surface area (TPSA) is 90.8 Å². The van der Waals surface area contributed by atoms with E-state index in [4.69, 9.17) is 9.90 Å². The number of carbonyl (C=O) groups excluding carboxylic acids is 2. The second-order valence-corrected chi connectivity index (χ2v) is 7.24. The Bertz CT molecular complexity index is 781. The van der Waals surface area contributed by atoms with E-state index in [1.165, 1.54) is 0 Å². The maximum atomic E-state index is 12.7. The van der Waals surface area contributed by atoms with Gasteiger partial charge >= 0.3 is 12.1 Å². The first-order valence-corrected chi connectivity index (χ1v) is 9.51. The van der Waals surface area contributed by atoms with Gasteiger partial charge in [0.2, 0.25) is 5.91 Å². The molecule has 10 heteroatoms. The van der Waals surface area contributed by atoms with Crippen LogP contribution in [0.3, 0.4) is 0 Å². The fourth-order valence-electron chi connectivity index (χ4n) is 3.91. The second-order valence-electron chi connectivity index (χ2n) is 7.24. The van der Waals surface area contributed by atoms with Crippen molar-refractivity contribution in [2.24, 2.45) is 0 Å². The van der Waals surface area contributed by atoms with E-state index in [0.717, 1.165) is 32.2 Å². The van der Waals surface area contributed by atoms with Gasteiger partial charge in [-0.05, 0) is 37.8 Å². The molecule has 2 saturated heterocycles. The summed E-state index contributed by atoms with van der Waals surface area (Å²) in [6.45, 7) is 5.72. The number of alkyl halides is 3. The zero-order chi connectivity index (χ0) is 22.4. The van der Waals surface area contributed by atoms with Gasteiger partial charge in [-0.15, -0.1) is 6.58 Å². The lowest BCUT2D eigenvalue weighted by atomic mass is 9.79. The number of hydrogen-bond donors (Lipinski definition) is 1. The highest BCUT2D eigenvalue weighted by molar-refractivity contribution is 5.94. The molecule has 164 valence electrons. The summed E-state index contributed by atoms with van der Waals surface area (Å²) in [5.41, 5.74) is 0.444. The predicted molar refractivity (Wildman–Crippen MR) is 102 cm³/mol. The molecule has 7 nitrogen and oxygen atoms in total. The van der Waals surface area contributed by atoms with Crippen LogP contribution in [-0.4, -0.2) is 69.0 Å². The fourth-order valence-corrected chi connectivity index (χ4v) is 3.91. The molecule has 30 heavy (non-hydrogen) atoms. The first-order chi connectivity index (χ1) is 14.1. The SMILES string of the molecule is C=CCN1C(=O)CCCC12CCCN(C(=O)c1ccncc1)C2.O=C(O)C(F)(F)F. The zero-order valence-electron chi connectivity index (χ0n) is 16.4. The number of carboxylic acids is 1. The average Bonchev–Trinajstić information content (AvgIpc) is 2.71. The maximum absolute atomic E-state index is 12.7. The largest absolute Gasteiger partial charge is 0.490 e. The molecule has 1 spiro atoms. The third-order valence-corrected chi connectivity index (χ3v) is 5.23. The van der Waals surface area contributed by atoms with E-state index in [-0.39, 0.29) is 17.4 Å². The molecule has 1 N–H and O–H groups in total. The van der Waals surface area contributed by atoms with Crippen LogP contribution >= 0.6 is 0 Å². The molecule has 1 unspecified atom stereocenters. The number of amides is 2. The summed E-state index contributed by atoms with van der Waals surface area (Å²) in [6.07, 6.45) is 4.35. The quantitative estimate of drug-likeness (QED) is 0.749. The molecule has 0 saturated carbocycles. The van der Waals surface area contributed by atoms with Crippen LogP contribution in [0, 0.1) is 0 Å². The highest BCUT2D eigenvalue weighted by Gasteiger charge is 2.45. The molecule has 2 aliphatic heterocycles. The zero-order valence-corrected chi connectivity index (χ0v) is 16.4. The minimum absolute atomic E-state index is 0.0306. The Morgan fingerprint density at radius 1 is 1.23 bits per heavy atom. The lowest BCUT2D eigenvalue weighted by Crippen LogP contribution is -2.63. The fraction of sp³-hybridized carbons (Fsp3) is 0.500. The van der Waals surface area contributed by atoms with Crippen molar-refractivity contribution < 1.29 is 32.7 Å². The summed E-state index contributed by atoms with van der Waals surface area (Å²) < 4.78 is 31.7. The smallest absolute Gasteiger partial charge is 0.475 e. The van der Waals surface area contributed by atoms with Crippen molar-refractivity contribution in [3.8, 4) is 0 Å². The van der Waals surface area contributed by atoms with Gasteiger partial charge in [-0.2, -0.15) is 13.2 Å². The van der Waals surface area contributed by atoms with Crippen LogP contribution < -0.4 is 0 Å². The molecule has 0 aliphatic carbocycles. The number of pyridine rings is 1. The third-order valence-electron chi connectivity index (χ3n) is 5.23. The molecule has 1 atom stereocenters. The van der Waals surface area contributed by atoms with E-state index < -0.39 is 12.1 Å². The second kappa shape index (κ2) is 9.73. The molecule has 0 aromatic carbocycles. The lowest BCUT2D eigenvalue weighted by molar-refractivity contribution is -0.192. The van der Waals surface area contributed by atoms with Crippen molar-refractivity contribution >= 4 is 17.8 Å². The molecule has 1 aromatic rings. The van der Waals surface area contributed by atoms with E-state index >= 15 is 0 Å².